The number of nitro groups is 1. The van der Waals surface area contributed by atoms with Gasteiger partial charge in [0, 0.05) is 41.7 Å². The van der Waals surface area contributed by atoms with Gasteiger partial charge in [0.2, 0.25) is 10.0 Å². The number of thiazole rings is 1. The number of sulfonamides is 1. The van der Waals surface area contributed by atoms with Crippen LogP contribution in [-0.4, -0.2) is 35.7 Å². The first-order valence-electron chi connectivity index (χ1n) is 8.76. The second kappa shape index (κ2) is 7.42. The number of hydrogen-bond donors (Lipinski definition) is 0. The van der Waals surface area contributed by atoms with E-state index in [1.807, 2.05) is 5.38 Å². The summed E-state index contributed by atoms with van der Waals surface area (Å²) >= 11 is 1.39. The topological polar surface area (TPSA) is 93.4 Å². The molecule has 1 fully saturated rings. The minimum atomic E-state index is -3.44. The SMILES string of the molecule is O=[N+]([O-])c1cccc(-c2nc(-c3ccc(S(=O)(=O)N4CCCC4)cc3)cs2)c1. The summed E-state index contributed by atoms with van der Waals surface area (Å²) in [6.07, 6.45) is 1.80. The van der Waals surface area contributed by atoms with Crippen molar-refractivity contribution in [2.45, 2.75) is 17.7 Å². The van der Waals surface area contributed by atoms with Gasteiger partial charge < -0.3 is 0 Å². The Morgan fingerprint density at radius 2 is 1.75 bits per heavy atom. The van der Waals surface area contributed by atoms with Crippen LogP contribution in [-0.2, 0) is 10.0 Å². The van der Waals surface area contributed by atoms with Crippen LogP contribution < -0.4 is 0 Å². The van der Waals surface area contributed by atoms with Gasteiger partial charge in [0.1, 0.15) is 5.01 Å². The van der Waals surface area contributed by atoms with Gasteiger partial charge in [-0.3, -0.25) is 10.1 Å². The second-order valence-corrected chi connectivity index (χ2v) is 9.28. The van der Waals surface area contributed by atoms with E-state index in [9.17, 15) is 18.5 Å². The van der Waals surface area contributed by atoms with Crippen molar-refractivity contribution < 1.29 is 13.3 Å². The second-order valence-electron chi connectivity index (χ2n) is 6.48. The molecule has 3 aromatic rings. The molecule has 0 unspecified atom stereocenters. The fourth-order valence-corrected chi connectivity index (χ4v) is 5.51. The van der Waals surface area contributed by atoms with Crippen molar-refractivity contribution in [2.24, 2.45) is 0 Å². The molecule has 0 bridgehead atoms. The normalized spacial score (nSPS) is 15.0. The highest BCUT2D eigenvalue weighted by atomic mass is 32.2. The van der Waals surface area contributed by atoms with Crippen LogP contribution in [0.5, 0.6) is 0 Å². The Hall–Kier alpha value is -2.62. The van der Waals surface area contributed by atoms with Gasteiger partial charge in [-0.2, -0.15) is 4.31 Å². The van der Waals surface area contributed by atoms with E-state index in [0.717, 1.165) is 18.4 Å². The standard InChI is InChI=1S/C19H17N3O4S2/c23-22(24)16-5-3-4-15(12-16)19-20-18(13-27-19)14-6-8-17(9-7-14)28(25,26)21-10-1-2-11-21/h3-9,12-13H,1-2,10-11H2. The molecule has 2 heterocycles. The molecule has 1 aliphatic heterocycles. The Morgan fingerprint density at radius 1 is 1.04 bits per heavy atom. The molecule has 0 aliphatic carbocycles. The van der Waals surface area contributed by atoms with Crippen LogP contribution in [0.1, 0.15) is 12.8 Å². The quantitative estimate of drug-likeness (QED) is 0.460. The third-order valence-corrected chi connectivity index (χ3v) is 7.47. The number of benzene rings is 2. The average molecular weight is 415 g/mol. The van der Waals surface area contributed by atoms with Crippen molar-refractivity contribution >= 4 is 27.0 Å². The first kappa shape index (κ1) is 18.7. The molecule has 7 nitrogen and oxygen atoms in total. The maximum atomic E-state index is 12.6. The maximum Gasteiger partial charge on any atom is 0.270 e. The largest absolute Gasteiger partial charge is 0.270 e. The molecule has 28 heavy (non-hydrogen) atoms. The summed E-state index contributed by atoms with van der Waals surface area (Å²) in [7, 11) is -3.44. The molecule has 4 rings (SSSR count). The molecule has 0 spiro atoms. The summed E-state index contributed by atoms with van der Waals surface area (Å²) in [5.41, 5.74) is 2.20. The van der Waals surface area contributed by atoms with Crippen molar-refractivity contribution in [3.63, 3.8) is 0 Å². The Balaban J connectivity index is 1.59. The molecular formula is C19H17N3O4S2. The molecule has 0 N–H and O–H groups in total. The number of non-ortho nitro benzene ring substituents is 1. The molecular weight excluding hydrogens is 398 g/mol. The highest BCUT2D eigenvalue weighted by Crippen LogP contribution is 2.31. The molecule has 1 aliphatic rings. The van der Waals surface area contributed by atoms with Crippen molar-refractivity contribution in [2.75, 3.05) is 13.1 Å². The van der Waals surface area contributed by atoms with Gasteiger partial charge in [-0.1, -0.05) is 24.3 Å². The first-order valence-corrected chi connectivity index (χ1v) is 11.1. The van der Waals surface area contributed by atoms with Gasteiger partial charge >= 0.3 is 0 Å². The summed E-state index contributed by atoms with van der Waals surface area (Å²) in [6.45, 7) is 1.14. The van der Waals surface area contributed by atoms with Crippen LogP contribution >= 0.6 is 11.3 Å². The smallest absolute Gasteiger partial charge is 0.258 e. The Kier molecular flexibility index (Phi) is 4.96. The van der Waals surface area contributed by atoms with E-state index in [2.05, 4.69) is 4.98 Å². The van der Waals surface area contributed by atoms with E-state index in [1.54, 1.807) is 36.4 Å². The zero-order chi connectivity index (χ0) is 19.7. The van der Waals surface area contributed by atoms with E-state index in [1.165, 1.54) is 27.8 Å². The van der Waals surface area contributed by atoms with Crippen LogP contribution in [0.25, 0.3) is 21.8 Å². The van der Waals surface area contributed by atoms with Crippen LogP contribution in [0.15, 0.2) is 58.8 Å². The van der Waals surface area contributed by atoms with Crippen LogP contribution in [0.3, 0.4) is 0 Å². The third kappa shape index (κ3) is 3.56. The van der Waals surface area contributed by atoms with E-state index in [-0.39, 0.29) is 10.6 Å². The third-order valence-electron chi connectivity index (χ3n) is 4.66. The van der Waals surface area contributed by atoms with Crippen molar-refractivity contribution in [3.8, 4) is 21.8 Å². The molecule has 144 valence electrons. The highest BCUT2D eigenvalue weighted by molar-refractivity contribution is 7.89. The molecule has 0 atom stereocenters. The van der Waals surface area contributed by atoms with Gasteiger partial charge in [-0.05, 0) is 25.0 Å². The van der Waals surface area contributed by atoms with Gasteiger partial charge in [-0.25, -0.2) is 13.4 Å². The lowest BCUT2D eigenvalue weighted by Crippen LogP contribution is -2.27. The maximum absolute atomic E-state index is 12.6. The fraction of sp³-hybridized carbons (Fsp3) is 0.211. The molecule has 0 saturated carbocycles. The zero-order valence-electron chi connectivity index (χ0n) is 14.8. The van der Waals surface area contributed by atoms with E-state index in [4.69, 9.17) is 0 Å². The van der Waals surface area contributed by atoms with Gasteiger partial charge in [-0.15, -0.1) is 11.3 Å². The predicted octanol–water partition coefficient (Wildman–Crippen LogP) is 4.17. The number of hydrogen-bond acceptors (Lipinski definition) is 6. The minimum Gasteiger partial charge on any atom is -0.258 e. The van der Waals surface area contributed by atoms with Crippen molar-refractivity contribution in [3.05, 3.63) is 64.0 Å². The number of aromatic nitrogens is 1. The zero-order valence-corrected chi connectivity index (χ0v) is 16.4. The summed E-state index contributed by atoms with van der Waals surface area (Å²) < 4.78 is 26.8. The van der Waals surface area contributed by atoms with Gasteiger partial charge in [0.05, 0.1) is 15.5 Å². The summed E-state index contributed by atoms with van der Waals surface area (Å²) in [6, 6.07) is 13.1. The molecule has 2 aromatic carbocycles. The molecule has 1 saturated heterocycles. The number of nitro benzene ring substituents is 1. The fourth-order valence-electron chi connectivity index (χ4n) is 3.17. The molecule has 9 heteroatoms. The minimum absolute atomic E-state index is 0.0192. The lowest BCUT2D eigenvalue weighted by atomic mass is 10.2. The lowest BCUT2D eigenvalue weighted by Gasteiger charge is -2.15. The average Bonchev–Trinajstić information content (AvgIpc) is 3.41. The van der Waals surface area contributed by atoms with Crippen molar-refractivity contribution in [1.82, 2.24) is 9.29 Å². The lowest BCUT2D eigenvalue weighted by molar-refractivity contribution is -0.384. The van der Waals surface area contributed by atoms with Crippen LogP contribution in [0.2, 0.25) is 0 Å². The van der Waals surface area contributed by atoms with Gasteiger partial charge in [0.25, 0.3) is 5.69 Å². The number of nitrogens with zero attached hydrogens (tertiary/aromatic N) is 3. The monoisotopic (exact) mass is 415 g/mol. The molecule has 0 radical (unpaired) electrons. The Labute approximate surface area is 166 Å². The van der Waals surface area contributed by atoms with E-state index in [0.29, 0.717) is 29.4 Å². The first-order chi connectivity index (χ1) is 13.4. The highest BCUT2D eigenvalue weighted by Gasteiger charge is 2.27. The summed E-state index contributed by atoms with van der Waals surface area (Å²) in [4.78, 5) is 15.4. The predicted molar refractivity (Wildman–Crippen MR) is 108 cm³/mol. The molecule has 0 amide bonds. The molecule has 1 aromatic heterocycles. The summed E-state index contributed by atoms with van der Waals surface area (Å²) in [5.74, 6) is 0. The van der Waals surface area contributed by atoms with Gasteiger partial charge in [0.15, 0.2) is 0 Å². The Morgan fingerprint density at radius 3 is 2.43 bits per heavy atom. The number of rotatable bonds is 5. The van der Waals surface area contributed by atoms with E-state index >= 15 is 0 Å². The Bertz CT molecular complexity index is 1120. The van der Waals surface area contributed by atoms with E-state index < -0.39 is 14.9 Å². The van der Waals surface area contributed by atoms with Crippen LogP contribution in [0, 0.1) is 10.1 Å². The summed E-state index contributed by atoms with van der Waals surface area (Å²) in [5, 5.41) is 13.5. The van der Waals surface area contributed by atoms with Crippen LogP contribution in [0.4, 0.5) is 5.69 Å². The van der Waals surface area contributed by atoms with Crippen molar-refractivity contribution in [1.29, 1.82) is 0 Å².